The van der Waals surface area contributed by atoms with Crippen LogP contribution in [-0.4, -0.2) is 36.5 Å². The second-order valence-electron chi connectivity index (χ2n) is 7.52. The molecule has 3 N–H and O–H groups in total. The van der Waals surface area contributed by atoms with Crippen LogP contribution in [0.1, 0.15) is 51.4 Å². The Morgan fingerprint density at radius 2 is 1.55 bits per heavy atom. The zero-order chi connectivity index (χ0) is 15.5. The van der Waals surface area contributed by atoms with E-state index in [4.69, 9.17) is 5.73 Å². The van der Waals surface area contributed by atoms with Gasteiger partial charge in [-0.1, -0.05) is 12.8 Å². The second kappa shape index (κ2) is 6.88. The lowest BCUT2D eigenvalue weighted by Gasteiger charge is -2.27. The summed E-state index contributed by atoms with van der Waals surface area (Å²) in [7, 11) is 0. The summed E-state index contributed by atoms with van der Waals surface area (Å²) in [6, 6.07) is 0.117. The molecule has 2 saturated carbocycles. The Morgan fingerprint density at radius 3 is 2.09 bits per heavy atom. The first-order valence-electron chi connectivity index (χ1n) is 8.95. The van der Waals surface area contributed by atoms with Crippen LogP contribution in [0.15, 0.2) is 0 Å². The number of nitrogens with one attached hydrogen (secondary N) is 1. The summed E-state index contributed by atoms with van der Waals surface area (Å²) in [4.78, 5) is 25.5. The molecule has 0 aromatic rings. The smallest absolute Gasteiger partial charge is 0.317 e. The molecule has 3 amide bonds. The minimum Gasteiger partial charge on any atom is -0.369 e. The summed E-state index contributed by atoms with van der Waals surface area (Å²) < 4.78 is 0. The molecule has 3 rings (SSSR count). The maximum absolute atomic E-state index is 12.3. The largest absolute Gasteiger partial charge is 0.369 e. The Balaban J connectivity index is 1.39. The van der Waals surface area contributed by atoms with Crippen molar-refractivity contribution in [3.63, 3.8) is 0 Å². The van der Waals surface area contributed by atoms with Crippen molar-refractivity contribution in [1.29, 1.82) is 0 Å². The number of hydrogen-bond acceptors (Lipinski definition) is 2. The van der Waals surface area contributed by atoms with Crippen LogP contribution in [0.25, 0.3) is 0 Å². The molecule has 0 bridgehead atoms. The van der Waals surface area contributed by atoms with Gasteiger partial charge in [-0.2, -0.15) is 0 Å². The van der Waals surface area contributed by atoms with Gasteiger partial charge in [-0.3, -0.25) is 4.79 Å². The number of carbonyl (C=O) groups is 2. The molecule has 1 saturated heterocycles. The fourth-order valence-electron chi connectivity index (χ4n) is 4.57. The standard InChI is InChI=1S/C17H29N3O2/c18-16(21)13-7-5-12(6-8-13)9-19-17(22)20-10-14-3-1-2-4-15(14)11-20/h12-15H,1-11H2,(H2,18,21)(H,19,22). The quantitative estimate of drug-likeness (QED) is 0.838. The molecular formula is C17H29N3O2. The van der Waals surface area contributed by atoms with Crippen molar-refractivity contribution in [3.05, 3.63) is 0 Å². The number of amides is 3. The van der Waals surface area contributed by atoms with Crippen LogP contribution in [0, 0.1) is 23.7 Å². The third-order valence-electron chi connectivity index (χ3n) is 6.05. The Hall–Kier alpha value is -1.26. The molecule has 2 atom stereocenters. The van der Waals surface area contributed by atoms with Gasteiger partial charge < -0.3 is 16.0 Å². The van der Waals surface area contributed by atoms with E-state index in [9.17, 15) is 9.59 Å². The molecule has 0 aromatic carbocycles. The predicted octanol–water partition coefficient (Wildman–Crippen LogP) is 2.11. The van der Waals surface area contributed by atoms with Crippen molar-refractivity contribution in [2.45, 2.75) is 51.4 Å². The molecule has 2 unspecified atom stereocenters. The monoisotopic (exact) mass is 307 g/mol. The minimum atomic E-state index is -0.165. The Kier molecular flexibility index (Phi) is 4.89. The van der Waals surface area contributed by atoms with Gasteiger partial charge in [-0.05, 0) is 56.3 Å². The molecule has 5 nitrogen and oxygen atoms in total. The first-order valence-corrected chi connectivity index (χ1v) is 8.95. The fraction of sp³-hybridized carbons (Fsp3) is 0.882. The molecule has 5 heteroatoms. The van der Waals surface area contributed by atoms with Crippen LogP contribution in [0.5, 0.6) is 0 Å². The molecule has 3 fully saturated rings. The Labute approximate surface area is 133 Å². The van der Waals surface area contributed by atoms with E-state index in [1.807, 2.05) is 4.90 Å². The number of nitrogens with two attached hydrogens (primary N) is 1. The lowest BCUT2D eigenvalue weighted by molar-refractivity contribution is -0.122. The lowest BCUT2D eigenvalue weighted by Crippen LogP contribution is -2.41. The van der Waals surface area contributed by atoms with E-state index < -0.39 is 0 Å². The summed E-state index contributed by atoms with van der Waals surface area (Å²) in [5.41, 5.74) is 5.36. The summed E-state index contributed by atoms with van der Waals surface area (Å²) in [5, 5.41) is 3.12. The van der Waals surface area contributed by atoms with Crippen LogP contribution < -0.4 is 11.1 Å². The van der Waals surface area contributed by atoms with Crippen molar-refractivity contribution in [1.82, 2.24) is 10.2 Å². The minimum absolute atomic E-state index is 0.0497. The molecule has 0 spiro atoms. The van der Waals surface area contributed by atoms with E-state index in [-0.39, 0.29) is 17.9 Å². The van der Waals surface area contributed by atoms with Gasteiger partial charge in [0.2, 0.25) is 5.91 Å². The zero-order valence-corrected chi connectivity index (χ0v) is 13.4. The molecule has 2 aliphatic carbocycles. The molecule has 1 aliphatic heterocycles. The number of urea groups is 1. The first kappa shape index (κ1) is 15.6. The van der Waals surface area contributed by atoms with Gasteiger partial charge in [0, 0.05) is 25.6 Å². The normalized spacial score (nSPS) is 35.0. The van der Waals surface area contributed by atoms with Crippen molar-refractivity contribution in [2.75, 3.05) is 19.6 Å². The Bertz CT molecular complexity index is 404. The third kappa shape index (κ3) is 3.55. The number of hydrogen-bond donors (Lipinski definition) is 2. The number of rotatable bonds is 3. The van der Waals surface area contributed by atoms with Crippen LogP contribution in [0.3, 0.4) is 0 Å². The maximum atomic E-state index is 12.3. The highest BCUT2D eigenvalue weighted by atomic mass is 16.2. The van der Waals surface area contributed by atoms with Gasteiger partial charge in [-0.25, -0.2) is 4.79 Å². The molecule has 0 aromatic heterocycles. The van der Waals surface area contributed by atoms with E-state index in [0.29, 0.717) is 5.92 Å². The van der Waals surface area contributed by atoms with Crippen LogP contribution in [0.2, 0.25) is 0 Å². The molecular weight excluding hydrogens is 278 g/mol. The van der Waals surface area contributed by atoms with Crippen LogP contribution >= 0.6 is 0 Å². The van der Waals surface area contributed by atoms with Gasteiger partial charge in [0.15, 0.2) is 0 Å². The van der Waals surface area contributed by atoms with Crippen LogP contribution in [-0.2, 0) is 4.79 Å². The molecule has 22 heavy (non-hydrogen) atoms. The van der Waals surface area contributed by atoms with Gasteiger partial charge in [0.1, 0.15) is 0 Å². The summed E-state index contributed by atoms with van der Waals surface area (Å²) >= 11 is 0. The third-order valence-corrected chi connectivity index (χ3v) is 6.05. The Morgan fingerprint density at radius 1 is 0.955 bits per heavy atom. The van der Waals surface area contributed by atoms with Crippen LogP contribution in [0.4, 0.5) is 4.79 Å². The van der Waals surface area contributed by atoms with Crippen molar-refractivity contribution in [2.24, 2.45) is 29.4 Å². The van der Waals surface area contributed by atoms with Gasteiger partial charge in [0.25, 0.3) is 0 Å². The summed E-state index contributed by atoms with van der Waals surface area (Å²) in [5.74, 6) is 1.87. The van der Waals surface area contributed by atoms with Gasteiger partial charge in [-0.15, -0.1) is 0 Å². The van der Waals surface area contributed by atoms with E-state index in [2.05, 4.69) is 5.32 Å². The number of likely N-dealkylation sites (tertiary alicyclic amines) is 1. The summed E-state index contributed by atoms with van der Waals surface area (Å²) in [6.07, 6.45) is 9.02. The molecule has 0 radical (unpaired) electrons. The number of nitrogens with zero attached hydrogens (tertiary/aromatic N) is 1. The number of carbonyl (C=O) groups excluding carboxylic acids is 2. The highest BCUT2D eigenvalue weighted by Gasteiger charge is 2.36. The van der Waals surface area contributed by atoms with E-state index in [0.717, 1.165) is 57.2 Å². The molecule has 3 aliphatic rings. The molecule has 1 heterocycles. The van der Waals surface area contributed by atoms with Crippen molar-refractivity contribution >= 4 is 11.9 Å². The predicted molar refractivity (Wildman–Crippen MR) is 85.1 cm³/mol. The molecule has 124 valence electrons. The SMILES string of the molecule is NC(=O)C1CCC(CNC(=O)N2CC3CCCCC3C2)CC1. The number of fused-ring (bicyclic) bond motifs is 1. The topological polar surface area (TPSA) is 75.4 Å². The first-order chi connectivity index (χ1) is 10.6. The maximum Gasteiger partial charge on any atom is 0.317 e. The number of primary amides is 1. The highest BCUT2D eigenvalue weighted by Crippen LogP contribution is 2.36. The van der Waals surface area contributed by atoms with E-state index >= 15 is 0 Å². The second-order valence-corrected chi connectivity index (χ2v) is 7.52. The van der Waals surface area contributed by atoms with E-state index in [1.165, 1.54) is 25.7 Å². The summed E-state index contributed by atoms with van der Waals surface area (Å²) in [6.45, 7) is 2.64. The average Bonchev–Trinajstić information content (AvgIpc) is 2.97. The highest BCUT2D eigenvalue weighted by molar-refractivity contribution is 5.76. The lowest BCUT2D eigenvalue weighted by atomic mass is 9.82. The zero-order valence-electron chi connectivity index (χ0n) is 13.4. The van der Waals surface area contributed by atoms with Crippen molar-refractivity contribution < 1.29 is 9.59 Å². The van der Waals surface area contributed by atoms with Gasteiger partial charge >= 0.3 is 6.03 Å². The van der Waals surface area contributed by atoms with E-state index in [1.54, 1.807) is 0 Å². The average molecular weight is 307 g/mol. The van der Waals surface area contributed by atoms with Gasteiger partial charge in [0.05, 0.1) is 0 Å². The fourth-order valence-corrected chi connectivity index (χ4v) is 4.57. The van der Waals surface area contributed by atoms with Crippen molar-refractivity contribution in [3.8, 4) is 0 Å².